The lowest BCUT2D eigenvalue weighted by molar-refractivity contribution is -0.111. The molecule has 7 heteroatoms. The van der Waals surface area contributed by atoms with Crippen LogP contribution in [0.25, 0.3) is 16.2 Å². The lowest BCUT2D eigenvalue weighted by Crippen LogP contribution is -2.29. The van der Waals surface area contributed by atoms with E-state index in [9.17, 15) is 4.79 Å². The quantitative estimate of drug-likeness (QED) is 0.656. The van der Waals surface area contributed by atoms with Gasteiger partial charge in [0.25, 0.3) is 0 Å². The molecule has 2 aromatic heterocycles. The van der Waals surface area contributed by atoms with Crippen molar-refractivity contribution in [2.45, 2.75) is 18.9 Å². The van der Waals surface area contributed by atoms with Gasteiger partial charge in [-0.25, -0.2) is 0 Å². The molecule has 0 radical (unpaired) electrons. The fourth-order valence-corrected chi connectivity index (χ4v) is 4.55. The number of rotatable bonds is 4. The van der Waals surface area contributed by atoms with Crippen molar-refractivity contribution in [3.05, 3.63) is 52.6 Å². The zero-order chi connectivity index (χ0) is 17.9. The topological polar surface area (TPSA) is 59.0 Å². The highest BCUT2D eigenvalue weighted by atomic mass is 35.5. The van der Waals surface area contributed by atoms with Gasteiger partial charge in [0.15, 0.2) is 0 Å². The predicted octanol–water partition coefficient (Wildman–Crippen LogP) is 4.33. The molecule has 0 bridgehead atoms. The standard InChI is InChI=1S/C19H19ClN4OS/c20-19-15-3-1-2-4-16(15)26-17(19)5-6-18(25)23-13-11-22-24(12-13)14-7-9-21-10-8-14/h1-6,11-12,14,21H,7-10H2,(H,23,25)/b6-5+. The van der Waals surface area contributed by atoms with E-state index in [-0.39, 0.29) is 5.91 Å². The minimum absolute atomic E-state index is 0.191. The number of anilines is 1. The van der Waals surface area contributed by atoms with Crippen LogP contribution in [0.4, 0.5) is 5.69 Å². The van der Waals surface area contributed by atoms with Crippen LogP contribution in [-0.2, 0) is 4.79 Å². The van der Waals surface area contributed by atoms with Crippen LogP contribution in [0.2, 0.25) is 5.02 Å². The SMILES string of the molecule is O=C(/C=C/c1sc2ccccc2c1Cl)Nc1cnn(C2CCNCC2)c1. The smallest absolute Gasteiger partial charge is 0.248 e. The van der Waals surface area contributed by atoms with Gasteiger partial charge >= 0.3 is 0 Å². The Bertz CT molecular complexity index is 956. The summed E-state index contributed by atoms with van der Waals surface area (Å²) in [5.41, 5.74) is 0.709. The monoisotopic (exact) mass is 386 g/mol. The molecular formula is C19H19ClN4OS. The number of hydrogen-bond donors (Lipinski definition) is 2. The summed E-state index contributed by atoms with van der Waals surface area (Å²) in [6, 6.07) is 8.35. The number of aromatic nitrogens is 2. The van der Waals surface area contributed by atoms with E-state index in [0.717, 1.165) is 40.9 Å². The highest BCUT2D eigenvalue weighted by molar-refractivity contribution is 7.20. The Morgan fingerprint density at radius 2 is 2.15 bits per heavy atom. The average Bonchev–Trinajstić information content (AvgIpc) is 3.26. The minimum Gasteiger partial charge on any atom is -0.320 e. The molecule has 26 heavy (non-hydrogen) atoms. The molecule has 134 valence electrons. The van der Waals surface area contributed by atoms with Crippen molar-refractivity contribution in [1.82, 2.24) is 15.1 Å². The third kappa shape index (κ3) is 3.67. The van der Waals surface area contributed by atoms with Crippen molar-refractivity contribution >= 4 is 50.7 Å². The molecule has 1 aliphatic rings. The van der Waals surface area contributed by atoms with E-state index in [1.807, 2.05) is 35.1 Å². The lowest BCUT2D eigenvalue weighted by atomic mass is 10.1. The number of nitrogens with one attached hydrogen (secondary N) is 2. The maximum Gasteiger partial charge on any atom is 0.248 e. The first-order valence-corrected chi connectivity index (χ1v) is 9.81. The Balaban J connectivity index is 1.42. The summed E-state index contributed by atoms with van der Waals surface area (Å²) < 4.78 is 3.06. The summed E-state index contributed by atoms with van der Waals surface area (Å²) in [7, 11) is 0. The third-order valence-corrected chi connectivity index (χ3v) is 6.15. The third-order valence-electron chi connectivity index (χ3n) is 4.50. The molecule has 3 aromatic rings. The summed E-state index contributed by atoms with van der Waals surface area (Å²) in [5.74, 6) is -0.191. The molecule has 1 fully saturated rings. The maximum atomic E-state index is 12.2. The van der Waals surface area contributed by atoms with Gasteiger partial charge in [-0.05, 0) is 38.1 Å². The van der Waals surface area contributed by atoms with Crippen molar-refractivity contribution < 1.29 is 4.79 Å². The van der Waals surface area contributed by atoms with Gasteiger partial charge < -0.3 is 10.6 Å². The Morgan fingerprint density at radius 1 is 1.35 bits per heavy atom. The van der Waals surface area contributed by atoms with Crippen LogP contribution in [0, 0.1) is 0 Å². The molecule has 0 spiro atoms. The van der Waals surface area contributed by atoms with Gasteiger partial charge in [-0.15, -0.1) is 11.3 Å². The average molecular weight is 387 g/mol. The summed E-state index contributed by atoms with van der Waals surface area (Å²) in [6.07, 6.45) is 8.98. The zero-order valence-electron chi connectivity index (χ0n) is 14.1. The molecule has 2 N–H and O–H groups in total. The molecule has 1 saturated heterocycles. The van der Waals surface area contributed by atoms with E-state index >= 15 is 0 Å². The highest BCUT2D eigenvalue weighted by Crippen LogP contribution is 2.35. The fourth-order valence-electron chi connectivity index (χ4n) is 3.15. The summed E-state index contributed by atoms with van der Waals surface area (Å²) >= 11 is 7.97. The first-order valence-electron chi connectivity index (χ1n) is 8.61. The number of nitrogens with zero attached hydrogens (tertiary/aromatic N) is 2. The second kappa shape index (κ2) is 7.61. The lowest BCUT2D eigenvalue weighted by Gasteiger charge is -2.22. The van der Waals surface area contributed by atoms with Crippen LogP contribution in [-0.4, -0.2) is 28.8 Å². The molecular weight excluding hydrogens is 368 g/mol. The molecule has 1 aliphatic heterocycles. The number of hydrogen-bond acceptors (Lipinski definition) is 4. The molecule has 1 aromatic carbocycles. The molecule has 0 atom stereocenters. The van der Waals surface area contributed by atoms with Gasteiger partial charge in [0, 0.05) is 27.2 Å². The van der Waals surface area contributed by atoms with Crippen molar-refractivity contribution in [3.63, 3.8) is 0 Å². The van der Waals surface area contributed by atoms with Crippen LogP contribution in [0.1, 0.15) is 23.8 Å². The molecule has 1 amide bonds. The summed E-state index contributed by atoms with van der Waals surface area (Å²) in [6.45, 7) is 2.01. The van der Waals surface area contributed by atoms with Gasteiger partial charge in [-0.3, -0.25) is 9.48 Å². The van der Waals surface area contributed by atoms with Crippen LogP contribution >= 0.6 is 22.9 Å². The number of benzene rings is 1. The predicted molar refractivity (Wildman–Crippen MR) is 108 cm³/mol. The van der Waals surface area contributed by atoms with E-state index in [2.05, 4.69) is 15.7 Å². The second-order valence-electron chi connectivity index (χ2n) is 6.29. The van der Waals surface area contributed by atoms with E-state index in [0.29, 0.717) is 16.8 Å². The van der Waals surface area contributed by atoms with Crippen molar-refractivity contribution in [2.24, 2.45) is 0 Å². The Morgan fingerprint density at radius 3 is 2.96 bits per heavy atom. The van der Waals surface area contributed by atoms with E-state index < -0.39 is 0 Å². The van der Waals surface area contributed by atoms with Gasteiger partial charge in [0.05, 0.1) is 22.9 Å². The molecule has 4 rings (SSSR count). The van der Waals surface area contributed by atoms with E-state index in [1.165, 1.54) is 6.08 Å². The molecule has 0 aliphatic carbocycles. The number of halogens is 1. The molecule has 3 heterocycles. The van der Waals surface area contributed by atoms with Gasteiger partial charge in [-0.2, -0.15) is 5.10 Å². The van der Waals surface area contributed by atoms with Crippen molar-refractivity contribution in [1.29, 1.82) is 0 Å². The van der Waals surface area contributed by atoms with Gasteiger partial charge in [-0.1, -0.05) is 29.8 Å². The number of carbonyl (C=O) groups excluding carboxylic acids is 1. The van der Waals surface area contributed by atoms with Gasteiger partial charge in [0.1, 0.15) is 0 Å². The Hall–Kier alpha value is -2.15. The molecule has 0 saturated carbocycles. The van der Waals surface area contributed by atoms with Crippen molar-refractivity contribution in [2.75, 3.05) is 18.4 Å². The zero-order valence-corrected chi connectivity index (χ0v) is 15.7. The minimum atomic E-state index is -0.191. The normalized spacial score (nSPS) is 15.7. The number of fused-ring (bicyclic) bond motifs is 1. The van der Waals surface area contributed by atoms with Gasteiger partial charge in [0.2, 0.25) is 5.91 Å². The first-order chi connectivity index (χ1) is 12.7. The highest BCUT2D eigenvalue weighted by Gasteiger charge is 2.16. The number of thiophene rings is 1. The first kappa shape index (κ1) is 17.3. The molecule has 0 unspecified atom stereocenters. The Kier molecular flexibility index (Phi) is 5.06. The van der Waals surface area contributed by atoms with Crippen LogP contribution in [0.3, 0.4) is 0 Å². The van der Waals surface area contributed by atoms with Crippen LogP contribution in [0.5, 0.6) is 0 Å². The van der Waals surface area contributed by atoms with Crippen molar-refractivity contribution in [3.8, 4) is 0 Å². The van der Waals surface area contributed by atoms with E-state index in [1.54, 1.807) is 23.6 Å². The maximum absolute atomic E-state index is 12.2. The summed E-state index contributed by atoms with van der Waals surface area (Å²) in [4.78, 5) is 13.1. The molecule has 5 nitrogen and oxygen atoms in total. The summed E-state index contributed by atoms with van der Waals surface area (Å²) in [5, 5.41) is 12.3. The fraction of sp³-hybridized carbons (Fsp3) is 0.263. The number of piperidine rings is 1. The largest absolute Gasteiger partial charge is 0.320 e. The second-order valence-corrected chi connectivity index (χ2v) is 7.75. The van der Waals surface area contributed by atoms with Crippen LogP contribution < -0.4 is 10.6 Å². The number of amides is 1. The van der Waals surface area contributed by atoms with Crippen LogP contribution in [0.15, 0.2) is 42.7 Å². The van der Waals surface area contributed by atoms with E-state index in [4.69, 9.17) is 11.6 Å². The Labute approximate surface area is 160 Å². The number of carbonyl (C=O) groups is 1.